The minimum Gasteiger partial charge on any atom is -0.457 e. The molecule has 0 saturated carbocycles. The summed E-state index contributed by atoms with van der Waals surface area (Å²) in [4.78, 5) is 0. The van der Waals surface area contributed by atoms with Gasteiger partial charge in [0.2, 0.25) is 0 Å². The zero-order valence-electron chi connectivity index (χ0n) is 24.7. The molecule has 2 aromatic heterocycles. The lowest BCUT2D eigenvalue weighted by Gasteiger charge is -2.45. The van der Waals surface area contributed by atoms with Gasteiger partial charge in [-0.1, -0.05) is 121 Å². The van der Waals surface area contributed by atoms with Gasteiger partial charge in [0, 0.05) is 42.1 Å². The first kappa shape index (κ1) is 24.7. The summed E-state index contributed by atoms with van der Waals surface area (Å²) in [6.07, 6.45) is 0. The Bertz CT molecular complexity index is 2700. The zero-order chi connectivity index (χ0) is 30.0. The van der Waals surface area contributed by atoms with Gasteiger partial charge in [-0.05, 0) is 52.6 Å². The minimum atomic E-state index is -0.549. The van der Waals surface area contributed by atoms with Crippen LogP contribution in [0.4, 0.5) is 0 Å². The van der Waals surface area contributed by atoms with Crippen molar-refractivity contribution in [3.63, 3.8) is 0 Å². The van der Waals surface area contributed by atoms with Crippen molar-refractivity contribution >= 4 is 53.3 Å². The maximum absolute atomic E-state index is 6.63. The molecule has 0 amide bonds. The van der Waals surface area contributed by atoms with Crippen LogP contribution in [0.15, 0.2) is 152 Å². The maximum atomic E-state index is 6.63. The summed E-state index contributed by atoms with van der Waals surface area (Å²) in [5.74, 6) is 1.82. The highest BCUT2D eigenvalue weighted by Crippen LogP contribution is 2.60. The monoisotopic (exact) mass is 603 g/mol. The second-order valence-electron chi connectivity index (χ2n) is 12.4. The summed E-state index contributed by atoms with van der Waals surface area (Å²) < 4.78 is 11.8. The summed E-state index contributed by atoms with van der Waals surface area (Å²) in [6, 6.07) is 55.6. The average Bonchev–Trinajstić information content (AvgIpc) is 3.67. The standard InChI is InChI=1S/C43H25NOS/c1-5-19-36-28(11-1)30-14-10-18-35-41(30)44(36)37-25-26(27-13-9-15-31-29-12-2-8-22-40(29)46-42(27)31)23-24-32(37)43(35)33-16-3-6-20-38(33)45-39-21-7-4-17-34(39)43/h1-25H. The third-order valence-corrected chi connectivity index (χ3v) is 11.5. The number of hydrogen-bond acceptors (Lipinski definition) is 2. The normalized spacial score (nSPS) is 14.0. The van der Waals surface area contributed by atoms with Crippen LogP contribution < -0.4 is 4.74 Å². The number of nitrogens with zero attached hydrogens (tertiary/aromatic N) is 1. The van der Waals surface area contributed by atoms with E-state index < -0.39 is 5.41 Å². The van der Waals surface area contributed by atoms with Crippen molar-refractivity contribution in [2.24, 2.45) is 0 Å². The van der Waals surface area contributed by atoms with E-state index in [0.717, 1.165) is 11.5 Å². The Balaban J connectivity index is 1.33. The second kappa shape index (κ2) is 8.75. The summed E-state index contributed by atoms with van der Waals surface area (Å²) in [7, 11) is 0. The number of rotatable bonds is 1. The molecule has 3 heteroatoms. The molecule has 4 heterocycles. The largest absolute Gasteiger partial charge is 0.457 e. The van der Waals surface area contributed by atoms with Crippen LogP contribution in [0.5, 0.6) is 11.5 Å². The molecule has 0 atom stereocenters. The van der Waals surface area contributed by atoms with Crippen molar-refractivity contribution in [3.05, 3.63) is 174 Å². The van der Waals surface area contributed by atoms with Crippen LogP contribution in [0, 0.1) is 0 Å². The molecule has 0 radical (unpaired) electrons. The molecule has 0 bridgehead atoms. The fourth-order valence-electron chi connectivity index (χ4n) is 8.47. The number of aromatic nitrogens is 1. The van der Waals surface area contributed by atoms with E-state index in [4.69, 9.17) is 4.74 Å². The van der Waals surface area contributed by atoms with E-state index in [1.165, 1.54) is 81.0 Å². The number of para-hydroxylation sites is 4. The van der Waals surface area contributed by atoms with Crippen molar-refractivity contribution in [2.75, 3.05) is 0 Å². The molecule has 46 heavy (non-hydrogen) atoms. The van der Waals surface area contributed by atoms with Gasteiger partial charge in [-0.15, -0.1) is 11.3 Å². The first-order chi connectivity index (χ1) is 22.8. The van der Waals surface area contributed by atoms with E-state index in [1.807, 2.05) is 11.3 Å². The molecule has 214 valence electrons. The summed E-state index contributed by atoms with van der Waals surface area (Å²) in [6.45, 7) is 0. The molecule has 0 saturated heterocycles. The predicted octanol–water partition coefficient (Wildman–Crippen LogP) is 11.6. The van der Waals surface area contributed by atoms with Gasteiger partial charge in [0.1, 0.15) is 11.5 Å². The van der Waals surface area contributed by atoms with Gasteiger partial charge in [-0.25, -0.2) is 0 Å². The van der Waals surface area contributed by atoms with Crippen LogP contribution in [0.25, 0.3) is 58.8 Å². The molecule has 2 aliphatic heterocycles. The topological polar surface area (TPSA) is 14.2 Å². The lowest BCUT2D eigenvalue weighted by atomic mass is 9.61. The van der Waals surface area contributed by atoms with Gasteiger partial charge in [0.15, 0.2) is 0 Å². The highest BCUT2D eigenvalue weighted by molar-refractivity contribution is 7.26. The number of thiophene rings is 1. The fraction of sp³-hybridized carbons (Fsp3) is 0.0233. The predicted molar refractivity (Wildman–Crippen MR) is 191 cm³/mol. The van der Waals surface area contributed by atoms with Crippen LogP contribution in [-0.2, 0) is 5.41 Å². The third kappa shape index (κ3) is 2.92. The molecule has 0 aliphatic carbocycles. The summed E-state index contributed by atoms with van der Waals surface area (Å²) >= 11 is 1.89. The number of hydrogen-bond donors (Lipinski definition) is 0. The lowest BCUT2D eigenvalue weighted by molar-refractivity contribution is 0.434. The van der Waals surface area contributed by atoms with Crippen molar-refractivity contribution in [1.29, 1.82) is 0 Å². The Morgan fingerprint density at radius 2 is 1.15 bits per heavy atom. The van der Waals surface area contributed by atoms with Gasteiger partial charge in [-0.2, -0.15) is 0 Å². The van der Waals surface area contributed by atoms with Gasteiger partial charge in [0.05, 0.1) is 22.1 Å². The first-order valence-corrected chi connectivity index (χ1v) is 16.6. The molecule has 1 spiro atoms. The Morgan fingerprint density at radius 1 is 0.500 bits per heavy atom. The zero-order valence-corrected chi connectivity index (χ0v) is 25.5. The molecular weight excluding hydrogens is 579 g/mol. The van der Waals surface area contributed by atoms with Crippen LogP contribution in [-0.4, -0.2) is 4.57 Å². The molecular formula is C43H25NOS. The molecule has 9 aromatic rings. The number of ether oxygens (including phenoxy) is 1. The summed E-state index contributed by atoms with van der Waals surface area (Å²) in [5, 5.41) is 5.19. The quantitative estimate of drug-likeness (QED) is 0.182. The third-order valence-electron chi connectivity index (χ3n) is 10.3. The van der Waals surface area contributed by atoms with E-state index in [-0.39, 0.29) is 0 Å². The fourth-order valence-corrected chi connectivity index (χ4v) is 9.71. The Hall–Kier alpha value is -5.64. The number of benzene rings is 7. The van der Waals surface area contributed by atoms with Crippen LogP contribution >= 0.6 is 11.3 Å². The van der Waals surface area contributed by atoms with Crippen LogP contribution in [0.1, 0.15) is 22.3 Å². The minimum absolute atomic E-state index is 0.549. The molecule has 7 aromatic carbocycles. The molecule has 2 nitrogen and oxygen atoms in total. The Kier molecular flexibility index (Phi) is 4.69. The molecule has 0 N–H and O–H groups in total. The highest BCUT2D eigenvalue weighted by Gasteiger charge is 2.50. The van der Waals surface area contributed by atoms with Gasteiger partial charge < -0.3 is 9.30 Å². The summed E-state index contributed by atoms with van der Waals surface area (Å²) in [5.41, 5.74) is 10.6. The number of fused-ring (bicyclic) bond motifs is 14. The molecule has 2 aliphatic rings. The van der Waals surface area contributed by atoms with Crippen molar-refractivity contribution in [2.45, 2.75) is 5.41 Å². The van der Waals surface area contributed by atoms with E-state index in [0.29, 0.717) is 0 Å². The van der Waals surface area contributed by atoms with Gasteiger partial charge in [-0.3, -0.25) is 0 Å². The van der Waals surface area contributed by atoms with Crippen LogP contribution in [0.3, 0.4) is 0 Å². The molecule has 11 rings (SSSR count). The van der Waals surface area contributed by atoms with E-state index in [2.05, 4.69) is 156 Å². The molecule has 0 unspecified atom stereocenters. The second-order valence-corrected chi connectivity index (χ2v) is 13.5. The highest BCUT2D eigenvalue weighted by atomic mass is 32.1. The average molecular weight is 604 g/mol. The maximum Gasteiger partial charge on any atom is 0.132 e. The van der Waals surface area contributed by atoms with Crippen molar-refractivity contribution in [3.8, 4) is 28.3 Å². The van der Waals surface area contributed by atoms with E-state index in [1.54, 1.807) is 0 Å². The van der Waals surface area contributed by atoms with Gasteiger partial charge in [0.25, 0.3) is 0 Å². The lowest BCUT2D eigenvalue weighted by Crippen LogP contribution is -2.37. The van der Waals surface area contributed by atoms with E-state index >= 15 is 0 Å². The first-order valence-electron chi connectivity index (χ1n) is 15.8. The van der Waals surface area contributed by atoms with Gasteiger partial charge >= 0.3 is 0 Å². The van der Waals surface area contributed by atoms with Crippen molar-refractivity contribution < 1.29 is 4.74 Å². The Labute approximate surface area is 269 Å². The van der Waals surface area contributed by atoms with Crippen LogP contribution in [0.2, 0.25) is 0 Å². The smallest absolute Gasteiger partial charge is 0.132 e. The van der Waals surface area contributed by atoms with Crippen molar-refractivity contribution in [1.82, 2.24) is 4.57 Å². The van der Waals surface area contributed by atoms with E-state index in [9.17, 15) is 0 Å². The SMILES string of the molecule is c1ccc2c(c1)Oc1ccccc1C21c2ccc(-c3cccc4c3sc3ccccc34)cc2-n2c3ccccc3c3cccc1c32. The Morgan fingerprint density at radius 3 is 2.00 bits per heavy atom. The molecule has 0 fully saturated rings.